The number of halogens is 1. The molecule has 2 heterocycles. The first-order valence-electron chi connectivity index (χ1n) is 9.74. The van der Waals surface area contributed by atoms with Crippen molar-refractivity contribution >= 4 is 40.2 Å². The van der Waals surface area contributed by atoms with Crippen LogP contribution in [0.3, 0.4) is 0 Å². The molecule has 0 aliphatic carbocycles. The van der Waals surface area contributed by atoms with Gasteiger partial charge in [-0.15, -0.1) is 6.58 Å². The van der Waals surface area contributed by atoms with Gasteiger partial charge < -0.3 is 4.90 Å². The van der Waals surface area contributed by atoms with Crippen molar-refractivity contribution in [2.24, 2.45) is 0 Å². The quantitative estimate of drug-likeness (QED) is 0.392. The molecule has 2 unspecified atom stereocenters. The largest absolute Gasteiger partial charge is 0.339 e. The van der Waals surface area contributed by atoms with Gasteiger partial charge in [-0.05, 0) is 50.8 Å². The van der Waals surface area contributed by atoms with E-state index in [-0.39, 0.29) is 16.7 Å². The topological polar surface area (TPSA) is 55.2 Å². The molecule has 1 aliphatic heterocycles. The van der Waals surface area contributed by atoms with Crippen molar-refractivity contribution in [3.63, 3.8) is 0 Å². The third-order valence-electron chi connectivity index (χ3n) is 5.21. The van der Waals surface area contributed by atoms with Crippen molar-refractivity contribution in [3.8, 4) is 0 Å². The lowest BCUT2D eigenvalue weighted by atomic mass is 10.00. The van der Waals surface area contributed by atoms with Crippen LogP contribution in [0.4, 0.5) is 0 Å². The summed E-state index contributed by atoms with van der Waals surface area (Å²) in [5.74, 6) is 0.113. The highest BCUT2D eigenvalue weighted by Crippen LogP contribution is 2.28. The Morgan fingerprint density at radius 1 is 1.46 bits per heavy atom. The fourth-order valence-corrected chi connectivity index (χ4v) is 4.87. The van der Waals surface area contributed by atoms with E-state index in [1.165, 1.54) is 18.2 Å². The van der Waals surface area contributed by atoms with Crippen molar-refractivity contribution in [1.29, 1.82) is 0 Å². The molecule has 1 saturated heterocycles. The van der Waals surface area contributed by atoms with Gasteiger partial charge >= 0.3 is 0 Å². The Kier molecular flexibility index (Phi) is 6.83. The highest BCUT2D eigenvalue weighted by molar-refractivity contribution is 8.00. The zero-order valence-electron chi connectivity index (χ0n) is 16.4. The summed E-state index contributed by atoms with van der Waals surface area (Å²) in [7, 11) is 0. The maximum absolute atomic E-state index is 13.1. The van der Waals surface area contributed by atoms with Gasteiger partial charge in [-0.3, -0.25) is 14.2 Å². The molecule has 3 rings (SSSR count). The summed E-state index contributed by atoms with van der Waals surface area (Å²) in [4.78, 5) is 32.7. The maximum atomic E-state index is 13.1. The molecule has 1 aliphatic rings. The normalized spacial score (nSPS) is 18.2. The number of nitrogens with zero attached hydrogens (tertiary/aromatic N) is 3. The van der Waals surface area contributed by atoms with Gasteiger partial charge in [0.15, 0.2) is 5.16 Å². The number of piperidine rings is 1. The Morgan fingerprint density at radius 3 is 2.96 bits per heavy atom. The molecule has 1 amide bonds. The van der Waals surface area contributed by atoms with Gasteiger partial charge in [0.2, 0.25) is 5.91 Å². The monoisotopic (exact) mass is 419 g/mol. The number of hydrogen-bond acceptors (Lipinski definition) is 4. The van der Waals surface area contributed by atoms with E-state index < -0.39 is 0 Å². The molecule has 0 saturated carbocycles. The highest BCUT2D eigenvalue weighted by Gasteiger charge is 2.30. The Hall–Kier alpha value is -1.79. The van der Waals surface area contributed by atoms with Gasteiger partial charge in [-0.1, -0.05) is 36.4 Å². The summed E-state index contributed by atoms with van der Waals surface area (Å²) >= 11 is 7.41. The molecular formula is C21H26ClN3O2S. The van der Waals surface area contributed by atoms with E-state index in [1.54, 1.807) is 28.8 Å². The summed E-state index contributed by atoms with van der Waals surface area (Å²) in [6.45, 7) is 8.92. The molecule has 7 heteroatoms. The molecule has 0 bridgehead atoms. The summed E-state index contributed by atoms with van der Waals surface area (Å²) in [5, 5.41) is 1.23. The van der Waals surface area contributed by atoms with Crippen LogP contribution in [0.25, 0.3) is 10.9 Å². The van der Waals surface area contributed by atoms with Gasteiger partial charge in [0.25, 0.3) is 5.56 Å². The van der Waals surface area contributed by atoms with E-state index in [9.17, 15) is 9.59 Å². The van der Waals surface area contributed by atoms with Crippen molar-refractivity contribution in [3.05, 3.63) is 46.2 Å². The van der Waals surface area contributed by atoms with E-state index >= 15 is 0 Å². The van der Waals surface area contributed by atoms with Crippen LogP contribution < -0.4 is 5.56 Å². The molecular weight excluding hydrogens is 394 g/mol. The molecule has 150 valence electrons. The standard InChI is InChI=1S/C21H26ClN3O2S/c1-4-11-25-20(27)17-10-9-15(22)13-18(17)23-21(25)28-14(3)19(26)24-12-7-6-8-16(24)5-2/h4,9-10,13-14,16H,1,5-8,11-12H2,2-3H3. The predicted octanol–water partition coefficient (Wildman–Crippen LogP) is 4.51. The van der Waals surface area contributed by atoms with Crippen molar-refractivity contribution in [1.82, 2.24) is 14.5 Å². The first-order valence-corrected chi connectivity index (χ1v) is 11.0. The van der Waals surface area contributed by atoms with Crippen LogP contribution >= 0.6 is 23.4 Å². The Balaban J connectivity index is 1.93. The number of rotatable bonds is 6. The molecule has 5 nitrogen and oxygen atoms in total. The van der Waals surface area contributed by atoms with Crippen molar-refractivity contribution in [2.45, 2.75) is 62.5 Å². The molecule has 28 heavy (non-hydrogen) atoms. The summed E-state index contributed by atoms with van der Waals surface area (Å²) in [6.07, 6.45) is 5.92. The zero-order valence-corrected chi connectivity index (χ0v) is 17.9. The third kappa shape index (κ3) is 4.28. The Labute approximate surface area is 174 Å². The Bertz CT molecular complexity index is 943. The number of carbonyl (C=O) groups is 1. The van der Waals surface area contributed by atoms with Crippen LogP contribution in [0.15, 0.2) is 40.8 Å². The SMILES string of the molecule is C=CCn1c(SC(C)C(=O)N2CCCCC2CC)nc2cc(Cl)ccc2c1=O. The summed E-state index contributed by atoms with van der Waals surface area (Å²) in [6, 6.07) is 5.37. The van der Waals surface area contributed by atoms with E-state index in [1.807, 2.05) is 11.8 Å². The van der Waals surface area contributed by atoms with E-state index in [2.05, 4.69) is 18.5 Å². The number of aromatic nitrogens is 2. The molecule has 1 aromatic heterocycles. The van der Waals surface area contributed by atoms with Crippen LogP contribution in [0.1, 0.15) is 39.5 Å². The molecule has 0 radical (unpaired) electrons. The predicted molar refractivity (Wildman–Crippen MR) is 116 cm³/mol. The smallest absolute Gasteiger partial charge is 0.262 e. The first-order chi connectivity index (χ1) is 13.5. The number of fused-ring (bicyclic) bond motifs is 1. The summed E-state index contributed by atoms with van der Waals surface area (Å²) < 4.78 is 1.57. The average molecular weight is 420 g/mol. The van der Waals surface area contributed by atoms with Crippen molar-refractivity contribution in [2.75, 3.05) is 6.54 Å². The lowest BCUT2D eigenvalue weighted by Crippen LogP contribution is -2.46. The molecule has 0 spiro atoms. The summed E-state index contributed by atoms with van der Waals surface area (Å²) in [5.41, 5.74) is 0.400. The number of amides is 1. The maximum Gasteiger partial charge on any atom is 0.262 e. The second-order valence-electron chi connectivity index (χ2n) is 7.11. The lowest BCUT2D eigenvalue weighted by molar-refractivity contribution is -0.134. The molecule has 2 aromatic rings. The van der Waals surface area contributed by atoms with Gasteiger partial charge in [-0.25, -0.2) is 4.98 Å². The number of allylic oxidation sites excluding steroid dienone is 1. The number of hydrogen-bond donors (Lipinski definition) is 0. The highest BCUT2D eigenvalue weighted by atomic mass is 35.5. The number of benzene rings is 1. The average Bonchev–Trinajstić information content (AvgIpc) is 2.70. The zero-order chi connectivity index (χ0) is 20.3. The number of thioether (sulfide) groups is 1. The minimum atomic E-state index is -0.327. The second-order valence-corrected chi connectivity index (χ2v) is 8.85. The first kappa shape index (κ1) is 20.9. The number of carbonyl (C=O) groups excluding carboxylic acids is 1. The van der Waals surface area contributed by atoms with Gasteiger partial charge in [0.1, 0.15) is 0 Å². The van der Waals surface area contributed by atoms with Gasteiger partial charge in [-0.2, -0.15) is 0 Å². The molecule has 1 fully saturated rings. The lowest BCUT2D eigenvalue weighted by Gasteiger charge is -2.36. The number of likely N-dealkylation sites (tertiary alicyclic amines) is 1. The second kappa shape index (κ2) is 9.14. The fraction of sp³-hybridized carbons (Fsp3) is 0.476. The van der Waals surface area contributed by atoms with Crippen LogP contribution in [-0.2, 0) is 11.3 Å². The fourth-order valence-electron chi connectivity index (χ4n) is 3.71. The van der Waals surface area contributed by atoms with Gasteiger partial charge in [0, 0.05) is 24.2 Å². The van der Waals surface area contributed by atoms with Crippen molar-refractivity contribution < 1.29 is 4.79 Å². The van der Waals surface area contributed by atoms with E-state index in [0.29, 0.717) is 33.7 Å². The van der Waals surface area contributed by atoms with Crippen LogP contribution in [-0.4, -0.2) is 38.2 Å². The molecule has 0 N–H and O–H groups in total. The minimum absolute atomic E-state index is 0.113. The van der Waals surface area contributed by atoms with E-state index in [0.717, 1.165) is 25.8 Å². The van der Waals surface area contributed by atoms with Crippen LogP contribution in [0.2, 0.25) is 5.02 Å². The van der Waals surface area contributed by atoms with Crippen LogP contribution in [0, 0.1) is 0 Å². The third-order valence-corrected chi connectivity index (χ3v) is 6.52. The minimum Gasteiger partial charge on any atom is -0.339 e. The van der Waals surface area contributed by atoms with E-state index in [4.69, 9.17) is 11.6 Å². The molecule has 2 atom stereocenters. The van der Waals surface area contributed by atoms with Gasteiger partial charge in [0.05, 0.1) is 16.2 Å². The Morgan fingerprint density at radius 2 is 2.25 bits per heavy atom. The molecule has 1 aromatic carbocycles. The van der Waals surface area contributed by atoms with Crippen LogP contribution in [0.5, 0.6) is 0 Å².